The van der Waals surface area contributed by atoms with Crippen molar-refractivity contribution in [1.29, 1.82) is 5.26 Å². The lowest BCUT2D eigenvalue weighted by Gasteiger charge is -2.38. The molecule has 3 heterocycles. The molecular formula is C31H39F3N6. The van der Waals surface area contributed by atoms with Crippen LogP contribution in [-0.4, -0.2) is 45.3 Å². The zero-order valence-electron chi connectivity index (χ0n) is 23.7. The minimum atomic E-state index is -2.84. The van der Waals surface area contributed by atoms with E-state index in [1.807, 2.05) is 39.4 Å². The third-order valence-corrected chi connectivity index (χ3v) is 7.19. The van der Waals surface area contributed by atoms with Crippen LogP contribution < -0.4 is 5.73 Å². The summed E-state index contributed by atoms with van der Waals surface area (Å²) >= 11 is 0. The maximum Gasteiger partial charge on any atom is 0.269 e. The first-order valence-corrected chi connectivity index (χ1v) is 13.9. The summed E-state index contributed by atoms with van der Waals surface area (Å²) in [5.74, 6) is -2.44. The number of amidine groups is 1. The molecule has 1 aromatic rings. The number of aryl methyl sites for hydroxylation is 1. The summed E-state index contributed by atoms with van der Waals surface area (Å²) in [6.07, 6.45) is 20.5. The molecular weight excluding hydrogens is 513 g/mol. The van der Waals surface area contributed by atoms with E-state index >= 15 is 0 Å². The van der Waals surface area contributed by atoms with Crippen molar-refractivity contribution >= 4 is 11.5 Å². The number of halogens is 3. The number of fused-ring (bicyclic) bond motifs is 1. The first-order chi connectivity index (χ1) is 19.2. The highest BCUT2D eigenvalue weighted by atomic mass is 19.3. The maximum atomic E-state index is 14.9. The molecule has 0 aromatic carbocycles. The summed E-state index contributed by atoms with van der Waals surface area (Å²) in [7, 11) is 0. The minimum Gasteiger partial charge on any atom is -0.342 e. The van der Waals surface area contributed by atoms with Gasteiger partial charge in [0.2, 0.25) is 0 Å². The Morgan fingerprint density at radius 2 is 2.00 bits per heavy atom. The van der Waals surface area contributed by atoms with Gasteiger partial charge in [0.15, 0.2) is 6.19 Å². The first-order valence-electron chi connectivity index (χ1n) is 13.9. The second-order valence-corrected chi connectivity index (χ2v) is 9.89. The van der Waals surface area contributed by atoms with Gasteiger partial charge in [-0.2, -0.15) is 5.26 Å². The van der Waals surface area contributed by atoms with E-state index in [2.05, 4.69) is 34.4 Å². The van der Waals surface area contributed by atoms with Gasteiger partial charge in [-0.3, -0.25) is 4.99 Å². The minimum absolute atomic E-state index is 0.0447. The monoisotopic (exact) mass is 552 g/mol. The molecule has 2 N–H and O–H groups in total. The van der Waals surface area contributed by atoms with Crippen molar-refractivity contribution in [2.75, 3.05) is 13.1 Å². The van der Waals surface area contributed by atoms with Crippen LogP contribution in [0.4, 0.5) is 13.2 Å². The van der Waals surface area contributed by atoms with E-state index in [9.17, 15) is 13.2 Å². The lowest BCUT2D eigenvalue weighted by atomic mass is 9.91. The Morgan fingerprint density at radius 1 is 1.25 bits per heavy atom. The van der Waals surface area contributed by atoms with Crippen LogP contribution in [0.15, 0.2) is 82.6 Å². The first kappa shape index (κ1) is 30.7. The molecule has 1 unspecified atom stereocenters. The average Bonchev–Trinajstić information content (AvgIpc) is 3.40. The number of nitrogens with zero attached hydrogens (tertiary/aromatic N) is 5. The van der Waals surface area contributed by atoms with Crippen LogP contribution in [-0.2, 0) is 0 Å². The van der Waals surface area contributed by atoms with Gasteiger partial charge < -0.3 is 15.2 Å². The van der Waals surface area contributed by atoms with Gasteiger partial charge in [-0.25, -0.2) is 18.2 Å². The average molecular weight is 553 g/mol. The molecule has 1 saturated heterocycles. The molecule has 5 rings (SSSR count). The van der Waals surface area contributed by atoms with Gasteiger partial charge in [0, 0.05) is 18.3 Å². The van der Waals surface area contributed by atoms with E-state index in [4.69, 9.17) is 10.3 Å². The highest BCUT2D eigenvalue weighted by Crippen LogP contribution is 2.39. The summed E-state index contributed by atoms with van der Waals surface area (Å²) in [6, 6.07) is -0.263. The molecule has 214 valence electrons. The lowest BCUT2D eigenvalue weighted by molar-refractivity contribution is -0.0260. The zero-order chi connectivity index (χ0) is 29.3. The molecule has 2 atom stereocenters. The molecule has 4 aliphatic rings. The van der Waals surface area contributed by atoms with Crippen molar-refractivity contribution in [3.63, 3.8) is 0 Å². The topological polar surface area (TPSA) is 83.2 Å². The van der Waals surface area contributed by atoms with Crippen molar-refractivity contribution in [1.82, 2.24) is 14.5 Å². The Hall–Kier alpha value is -3.80. The summed E-state index contributed by atoms with van der Waals surface area (Å²) < 4.78 is 45.6. The van der Waals surface area contributed by atoms with E-state index in [-0.39, 0.29) is 30.8 Å². The van der Waals surface area contributed by atoms with Crippen molar-refractivity contribution in [2.45, 2.75) is 71.8 Å². The van der Waals surface area contributed by atoms with Crippen molar-refractivity contribution < 1.29 is 13.2 Å². The molecule has 2 aliphatic heterocycles. The van der Waals surface area contributed by atoms with Crippen LogP contribution in [0, 0.1) is 24.3 Å². The second-order valence-electron chi connectivity index (χ2n) is 9.89. The van der Waals surface area contributed by atoms with Gasteiger partial charge in [0.25, 0.3) is 5.92 Å². The molecule has 0 saturated carbocycles. The van der Waals surface area contributed by atoms with Gasteiger partial charge in [-0.05, 0) is 73.5 Å². The summed E-state index contributed by atoms with van der Waals surface area (Å²) in [5.41, 5.74) is 9.10. The Balaban J connectivity index is 0.000000827. The molecule has 1 fully saturated rings. The SMILES string of the molecule is CC.CCC1=C(n2cnc(C)c2)C=CC(/C=C2\CC(F)(F)CN3C2=NC[C@H]3C2=CC=C(F)C=CC2)CC1.N#CN. The lowest BCUT2D eigenvalue weighted by Crippen LogP contribution is -2.50. The van der Waals surface area contributed by atoms with E-state index < -0.39 is 5.92 Å². The number of aliphatic imine (C=N–C) groups is 1. The number of aromatic nitrogens is 2. The molecule has 0 spiro atoms. The second kappa shape index (κ2) is 14.0. The molecule has 40 heavy (non-hydrogen) atoms. The van der Waals surface area contributed by atoms with E-state index in [0.717, 1.165) is 36.2 Å². The number of rotatable bonds is 4. The van der Waals surface area contributed by atoms with Crippen molar-refractivity contribution in [3.05, 3.63) is 83.3 Å². The van der Waals surface area contributed by atoms with E-state index in [1.165, 1.54) is 23.9 Å². The third-order valence-electron chi connectivity index (χ3n) is 7.19. The van der Waals surface area contributed by atoms with Crippen LogP contribution in [0.5, 0.6) is 0 Å². The third kappa shape index (κ3) is 7.44. The fraction of sp³-hybridized carbons (Fsp3) is 0.452. The number of alkyl halides is 2. The number of imidazole rings is 1. The molecule has 9 heteroatoms. The largest absolute Gasteiger partial charge is 0.342 e. The van der Waals surface area contributed by atoms with Crippen molar-refractivity contribution in [3.8, 4) is 6.19 Å². The van der Waals surface area contributed by atoms with Crippen molar-refractivity contribution in [2.24, 2.45) is 16.6 Å². The van der Waals surface area contributed by atoms with Gasteiger partial charge in [-0.15, -0.1) is 0 Å². The maximum absolute atomic E-state index is 14.9. The normalized spacial score (nSPS) is 24.3. The number of hydrogen-bond donors (Lipinski definition) is 1. The summed E-state index contributed by atoms with van der Waals surface area (Å²) in [5, 5.41) is 7.10. The standard InChI is InChI=1S/C28H31F3N4.C2H6.CH2N2/c1-3-21-9-7-20(8-12-25(21)34-16-19(2)33-18-34)13-23-14-28(30,31)17-35-26(15-32-27(23)35)22-5-4-6-24(29)11-10-22;1-2;2-1-3/h4,6,8,10-13,16,18,20,26H,3,5,7,9,14-15,17H2,1-2H3;1-2H3;2H2/b23-13+;;/t20?,26-;;/m0../s1. The predicted octanol–water partition coefficient (Wildman–Crippen LogP) is 7.02. The smallest absolute Gasteiger partial charge is 0.269 e. The molecule has 0 amide bonds. The van der Waals surface area contributed by atoms with Gasteiger partial charge in [-0.1, -0.05) is 45.1 Å². The van der Waals surface area contributed by atoms with E-state index in [0.29, 0.717) is 24.4 Å². The molecule has 2 aliphatic carbocycles. The highest BCUT2D eigenvalue weighted by molar-refractivity contribution is 6.01. The van der Waals surface area contributed by atoms with Gasteiger partial charge in [0.1, 0.15) is 11.7 Å². The van der Waals surface area contributed by atoms with Gasteiger partial charge in [0.05, 0.1) is 31.2 Å². The number of hydrogen-bond acceptors (Lipinski definition) is 5. The molecule has 1 aromatic heterocycles. The number of nitrogens with two attached hydrogens (primary N) is 1. The Bertz CT molecular complexity index is 1300. The highest BCUT2D eigenvalue weighted by Gasteiger charge is 2.46. The van der Waals surface area contributed by atoms with Crippen LogP contribution in [0.25, 0.3) is 5.70 Å². The number of allylic oxidation sites excluding steroid dienone is 10. The molecule has 0 bridgehead atoms. The Labute approximate surface area is 235 Å². The zero-order valence-corrected chi connectivity index (χ0v) is 23.7. The quantitative estimate of drug-likeness (QED) is 0.321. The summed E-state index contributed by atoms with van der Waals surface area (Å²) in [4.78, 5) is 10.8. The van der Waals surface area contributed by atoms with Crippen LogP contribution in [0.2, 0.25) is 0 Å². The number of nitriles is 1. The molecule has 0 radical (unpaired) electrons. The Kier molecular flexibility index (Phi) is 10.8. The Morgan fingerprint density at radius 3 is 2.67 bits per heavy atom. The number of piperidine rings is 1. The van der Waals surface area contributed by atoms with Crippen LogP contribution in [0.3, 0.4) is 0 Å². The fourth-order valence-electron chi connectivity index (χ4n) is 5.43. The predicted molar refractivity (Wildman–Crippen MR) is 155 cm³/mol. The summed E-state index contributed by atoms with van der Waals surface area (Å²) in [6.45, 7) is 8.18. The fourth-order valence-corrected chi connectivity index (χ4v) is 5.43. The van der Waals surface area contributed by atoms with Crippen LogP contribution in [0.1, 0.15) is 58.6 Å². The van der Waals surface area contributed by atoms with Gasteiger partial charge >= 0.3 is 0 Å². The van der Waals surface area contributed by atoms with Crippen LogP contribution >= 0.6 is 0 Å². The van der Waals surface area contributed by atoms with E-state index in [1.54, 1.807) is 17.1 Å². The molecule has 6 nitrogen and oxygen atoms in total.